The molecule has 0 aliphatic rings. The summed E-state index contributed by atoms with van der Waals surface area (Å²) in [5.41, 5.74) is 0. The second kappa shape index (κ2) is 49.0. The van der Waals surface area contributed by atoms with Crippen molar-refractivity contribution in [2.45, 2.75) is 289 Å². The number of amides is 1. The van der Waals surface area contributed by atoms with Crippen molar-refractivity contribution in [2.24, 2.45) is 0 Å². The topological polar surface area (TPSA) is 95.9 Å². The van der Waals surface area contributed by atoms with Crippen LogP contribution in [0.15, 0.2) is 24.3 Å². The molecule has 0 spiro atoms. The van der Waals surface area contributed by atoms with Gasteiger partial charge in [0.05, 0.1) is 25.4 Å². The summed E-state index contributed by atoms with van der Waals surface area (Å²) in [4.78, 5) is 24.4. The van der Waals surface area contributed by atoms with Crippen molar-refractivity contribution in [3.63, 3.8) is 0 Å². The van der Waals surface area contributed by atoms with Crippen molar-refractivity contribution >= 4 is 11.9 Å². The first-order valence-electron chi connectivity index (χ1n) is 26.1. The number of aliphatic hydroxyl groups is 2. The van der Waals surface area contributed by atoms with Gasteiger partial charge in [0.25, 0.3) is 0 Å². The van der Waals surface area contributed by atoms with E-state index in [-0.39, 0.29) is 18.5 Å². The molecule has 0 aromatic heterocycles. The molecule has 0 rings (SSSR count). The first-order valence-corrected chi connectivity index (χ1v) is 26.1. The van der Waals surface area contributed by atoms with E-state index in [1.807, 2.05) is 6.08 Å². The molecular formula is C53H101NO5. The van der Waals surface area contributed by atoms with Crippen LogP contribution in [0.2, 0.25) is 0 Å². The Kier molecular flexibility index (Phi) is 47.6. The Morgan fingerprint density at radius 3 is 1.32 bits per heavy atom. The minimum atomic E-state index is -0.698. The predicted molar refractivity (Wildman–Crippen MR) is 255 cm³/mol. The molecule has 0 saturated carbocycles. The minimum absolute atomic E-state index is 0.0155. The molecular weight excluding hydrogens is 731 g/mol. The highest BCUT2D eigenvalue weighted by molar-refractivity contribution is 5.76. The van der Waals surface area contributed by atoms with Crippen molar-refractivity contribution in [1.29, 1.82) is 0 Å². The molecule has 6 heteroatoms. The summed E-state index contributed by atoms with van der Waals surface area (Å²) in [6, 6.07) is -0.584. The second-order valence-electron chi connectivity index (χ2n) is 17.9. The van der Waals surface area contributed by atoms with Gasteiger partial charge in [-0.15, -0.1) is 0 Å². The van der Waals surface area contributed by atoms with Crippen LogP contribution >= 0.6 is 0 Å². The van der Waals surface area contributed by atoms with E-state index in [9.17, 15) is 19.8 Å². The molecule has 2 atom stereocenters. The van der Waals surface area contributed by atoms with Crippen molar-refractivity contribution in [3.8, 4) is 0 Å². The summed E-state index contributed by atoms with van der Waals surface area (Å²) in [5.74, 6) is -0.130. The fourth-order valence-corrected chi connectivity index (χ4v) is 7.98. The van der Waals surface area contributed by atoms with E-state index in [4.69, 9.17) is 4.74 Å². The zero-order valence-electron chi connectivity index (χ0n) is 39.5. The highest BCUT2D eigenvalue weighted by Gasteiger charge is 2.19. The average Bonchev–Trinajstić information content (AvgIpc) is 3.24. The molecule has 0 radical (unpaired) electrons. The number of aliphatic hydroxyl groups excluding tert-OH is 2. The minimum Gasteiger partial charge on any atom is -0.466 e. The van der Waals surface area contributed by atoms with Crippen molar-refractivity contribution in [2.75, 3.05) is 13.2 Å². The third kappa shape index (κ3) is 45.7. The van der Waals surface area contributed by atoms with Gasteiger partial charge in [-0.2, -0.15) is 0 Å². The largest absolute Gasteiger partial charge is 0.466 e. The van der Waals surface area contributed by atoms with Gasteiger partial charge >= 0.3 is 5.97 Å². The van der Waals surface area contributed by atoms with Crippen LogP contribution in [0.25, 0.3) is 0 Å². The van der Waals surface area contributed by atoms with Gasteiger partial charge in [0.15, 0.2) is 0 Å². The maximum atomic E-state index is 12.4. The Balaban J connectivity index is 3.55. The Hall–Kier alpha value is -1.66. The van der Waals surface area contributed by atoms with Crippen LogP contribution in [0.1, 0.15) is 277 Å². The number of nitrogens with one attached hydrogen (secondary N) is 1. The van der Waals surface area contributed by atoms with Crippen LogP contribution in [0.4, 0.5) is 0 Å². The summed E-state index contributed by atoms with van der Waals surface area (Å²) in [5, 5.41) is 23.2. The van der Waals surface area contributed by atoms with Crippen molar-refractivity contribution in [3.05, 3.63) is 24.3 Å². The summed E-state index contributed by atoms with van der Waals surface area (Å²) in [7, 11) is 0. The average molecular weight is 832 g/mol. The van der Waals surface area contributed by atoms with Crippen LogP contribution in [0, 0.1) is 0 Å². The Morgan fingerprint density at radius 2 is 0.864 bits per heavy atom. The van der Waals surface area contributed by atoms with E-state index in [1.54, 1.807) is 0 Å². The van der Waals surface area contributed by atoms with E-state index >= 15 is 0 Å². The fraction of sp³-hybridized carbons (Fsp3) is 0.887. The van der Waals surface area contributed by atoms with Crippen LogP contribution < -0.4 is 5.32 Å². The first-order chi connectivity index (χ1) is 29.0. The molecule has 0 aromatic rings. The molecule has 0 aliphatic heterocycles. The van der Waals surface area contributed by atoms with Crippen LogP contribution in [-0.4, -0.2) is 47.4 Å². The molecule has 3 N–H and O–H groups in total. The lowest BCUT2D eigenvalue weighted by molar-refractivity contribution is -0.143. The van der Waals surface area contributed by atoms with Gasteiger partial charge in [-0.05, 0) is 44.9 Å². The Bertz CT molecular complexity index is 920. The number of rotatable bonds is 48. The van der Waals surface area contributed by atoms with Gasteiger partial charge in [0.1, 0.15) is 0 Å². The lowest BCUT2D eigenvalue weighted by atomic mass is 10.0. The van der Waals surface area contributed by atoms with Gasteiger partial charge < -0.3 is 20.3 Å². The normalized spacial score (nSPS) is 12.8. The van der Waals surface area contributed by atoms with Crippen LogP contribution in [-0.2, 0) is 14.3 Å². The first kappa shape index (κ1) is 57.3. The second-order valence-corrected chi connectivity index (χ2v) is 17.9. The van der Waals surface area contributed by atoms with Gasteiger partial charge in [-0.3, -0.25) is 9.59 Å². The molecule has 59 heavy (non-hydrogen) atoms. The molecule has 0 bridgehead atoms. The number of ether oxygens (including phenoxy) is 1. The van der Waals surface area contributed by atoms with E-state index in [0.717, 1.165) is 51.4 Å². The molecule has 6 nitrogen and oxygen atoms in total. The lowest BCUT2D eigenvalue weighted by Gasteiger charge is -2.22. The van der Waals surface area contributed by atoms with E-state index in [2.05, 4.69) is 37.4 Å². The van der Waals surface area contributed by atoms with Gasteiger partial charge in [0.2, 0.25) is 5.91 Å². The number of hydrogen-bond donors (Lipinski definition) is 3. The smallest absolute Gasteiger partial charge is 0.305 e. The number of allylic oxidation sites excluding steroid dienone is 4. The lowest BCUT2D eigenvalue weighted by Crippen LogP contribution is -2.45. The Morgan fingerprint density at radius 1 is 0.475 bits per heavy atom. The third-order valence-electron chi connectivity index (χ3n) is 12.0. The van der Waals surface area contributed by atoms with Crippen molar-refractivity contribution < 1.29 is 24.5 Å². The highest BCUT2D eigenvalue weighted by Crippen LogP contribution is 2.16. The molecule has 0 aromatic carbocycles. The molecule has 0 heterocycles. The monoisotopic (exact) mass is 832 g/mol. The van der Waals surface area contributed by atoms with Crippen LogP contribution in [0.5, 0.6) is 0 Å². The quantitative estimate of drug-likeness (QED) is 0.0322. The fourth-order valence-electron chi connectivity index (χ4n) is 7.98. The zero-order valence-corrected chi connectivity index (χ0v) is 39.5. The van der Waals surface area contributed by atoms with Crippen LogP contribution in [0.3, 0.4) is 0 Å². The van der Waals surface area contributed by atoms with Gasteiger partial charge in [0, 0.05) is 12.8 Å². The standard InChI is InChI=1S/C53H101NO5/c1-3-5-7-9-11-13-15-17-18-19-22-25-29-33-37-41-45-51(56)50(49-55)54-52(57)46-42-38-34-30-26-23-20-24-28-32-36-40-44-48-59-53(58)47-43-39-35-31-27-21-16-14-12-10-8-6-4-2/h23,26,34,38,50-51,55-56H,3-22,24-25,27-33,35-37,39-49H2,1-2H3,(H,54,57)/b26-23-,38-34-. The predicted octanol–water partition coefficient (Wildman–Crippen LogP) is 15.5. The highest BCUT2D eigenvalue weighted by atomic mass is 16.5. The maximum absolute atomic E-state index is 12.4. The summed E-state index contributed by atoms with van der Waals surface area (Å²) < 4.78 is 5.45. The molecule has 0 aliphatic carbocycles. The Labute approximate surface area is 367 Å². The molecule has 348 valence electrons. The maximum Gasteiger partial charge on any atom is 0.305 e. The van der Waals surface area contributed by atoms with E-state index in [1.165, 1.54) is 186 Å². The molecule has 0 fully saturated rings. The van der Waals surface area contributed by atoms with Gasteiger partial charge in [-0.25, -0.2) is 0 Å². The number of esters is 1. The van der Waals surface area contributed by atoms with Crippen molar-refractivity contribution in [1.82, 2.24) is 5.32 Å². The summed E-state index contributed by atoms with van der Waals surface area (Å²) in [6.45, 7) is 4.89. The number of unbranched alkanes of at least 4 members (excludes halogenated alkanes) is 33. The SMILES string of the molecule is CCCCCCCCCCCCCCCCCCC(O)C(CO)NC(=O)CC/C=C\C/C=C\CCCCCCCCOC(=O)CCCCCCCCCCCCCCC. The molecule has 2 unspecified atom stereocenters. The number of carbonyl (C=O) groups is 2. The van der Waals surface area contributed by atoms with E-state index in [0.29, 0.717) is 32.3 Å². The van der Waals surface area contributed by atoms with Gasteiger partial charge in [-0.1, -0.05) is 244 Å². The summed E-state index contributed by atoms with van der Waals surface area (Å²) in [6.07, 6.45) is 57.3. The van der Waals surface area contributed by atoms with E-state index < -0.39 is 12.1 Å². The molecule has 0 saturated heterocycles. The zero-order chi connectivity index (χ0) is 43.0. The summed E-state index contributed by atoms with van der Waals surface area (Å²) >= 11 is 0. The number of hydrogen-bond acceptors (Lipinski definition) is 5. The molecule has 1 amide bonds. The number of carbonyl (C=O) groups excluding carboxylic acids is 2. The third-order valence-corrected chi connectivity index (χ3v) is 12.0.